The molecule has 0 spiro atoms. The molecule has 16 heteroatoms. The zero-order valence-electron chi connectivity index (χ0n) is 21.0. The van der Waals surface area contributed by atoms with Crippen LogP contribution in [-0.4, -0.2) is 159 Å². The maximum absolute atomic E-state index is 11.3. The predicted octanol–water partition coefficient (Wildman–Crippen LogP) is -5.76. The standard InChI is InChI=1S/C22H41N3O13/c1-2-3-4-25-13-17(32)19(37-21-12(24)15(30)14(29)8(5-26)35-21)10(7-28)36-22(13)38-18-9(6-27)34-20(33)11(23)16(18)31/h4,8-22,26-33H,2-3,5-7,23-24H2,1H3/t8-,9-,10-,11-,12-,13-,14-,15-,16-,17-,18?,19?,20-,21+,22+/m1/s1. The lowest BCUT2D eigenvalue weighted by atomic mass is 9.94. The fraction of sp³-hybridized carbons (Fsp3) is 0.955. The third-order valence-electron chi connectivity index (χ3n) is 6.95. The molecule has 38 heavy (non-hydrogen) atoms. The summed E-state index contributed by atoms with van der Waals surface area (Å²) in [7, 11) is 0. The van der Waals surface area contributed by atoms with Crippen molar-refractivity contribution in [1.29, 1.82) is 0 Å². The third kappa shape index (κ3) is 6.68. The van der Waals surface area contributed by atoms with Crippen LogP contribution in [0.15, 0.2) is 4.99 Å². The summed E-state index contributed by atoms with van der Waals surface area (Å²) in [6.07, 6.45) is -13.9. The molecule has 0 amide bonds. The largest absolute Gasteiger partial charge is 0.394 e. The van der Waals surface area contributed by atoms with E-state index in [2.05, 4.69) is 4.99 Å². The fourth-order valence-corrected chi connectivity index (χ4v) is 4.62. The number of unbranched alkanes of at least 4 members (excludes halogenated alkanes) is 1. The maximum atomic E-state index is 11.3. The van der Waals surface area contributed by atoms with Crippen molar-refractivity contribution in [2.24, 2.45) is 16.5 Å². The van der Waals surface area contributed by atoms with Gasteiger partial charge in [-0.1, -0.05) is 13.3 Å². The highest BCUT2D eigenvalue weighted by Crippen LogP contribution is 2.32. The maximum Gasteiger partial charge on any atom is 0.183 e. The summed E-state index contributed by atoms with van der Waals surface area (Å²) in [4.78, 5) is 4.35. The molecule has 0 saturated carbocycles. The average Bonchev–Trinajstić information content (AvgIpc) is 2.91. The van der Waals surface area contributed by atoms with E-state index in [-0.39, 0.29) is 0 Å². The van der Waals surface area contributed by atoms with Crippen LogP contribution >= 0.6 is 0 Å². The van der Waals surface area contributed by atoms with Gasteiger partial charge in [-0.15, -0.1) is 0 Å². The highest BCUT2D eigenvalue weighted by molar-refractivity contribution is 5.57. The van der Waals surface area contributed by atoms with Gasteiger partial charge in [0.2, 0.25) is 0 Å². The molecule has 2 unspecified atom stereocenters. The van der Waals surface area contributed by atoms with Gasteiger partial charge in [-0.2, -0.15) is 0 Å². The normalized spacial score (nSPS) is 48.4. The number of ether oxygens (including phenoxy) is 5. The van der Waals surface area contributed by atoms with Crippen LogP contribution in [0.25, 0.3) is 0 Å². The van der Waals surface area contributed by atoms with Crippen molar-refractivity contribution in [3.8, 4) is 0 Å². The van der Waals surface area contributed by atoms with Crippen molar-refractivity contribution in [3.63, 3.8) is 0 Å². The fourth-order valence-electron chi connectivity index (χ4n) is 4.62. The second-order valence-corrected chi connectivity index (χ2v) is 9.63. The van der Waals surface area contributed by atoms with Crippen LogP contribution in [0, 0.1) is 0 Å². The van der Waals surface area contributed by atoms with E-state index in [9.17, 15) is 40.9 Å². The molecule has 3 rings (SSSR count). The molecule has 0 bridgehead atoms. The van der Waals surface area contributed by atoms with Gasteiger partial charge < -0.3 is 76.0 Å². The first-order valence-electron chi connectivity index (χ1n) is 12.6. The minimum atomic E-state index is -1.56. The smallest absolute Gasteiger partial charge is 0.183 e. The van der Waals surface area contributed by atoms with Gasteiger partial charge in [-0.05, 0) is 12.6 Å². The third-order valence-corrected chi connectivity index (χ3v) is 6.95. The lowest BCUT2D eigenvalue weighted by Gasteiger charge is -2.48. The van der Waals surface area contributed by atoms with Crippen LogP contribution in [0.1, 0.15) is 19.8 Å². The summed E-state index contributed by atoms with van der Waals surface area (Å²) in [5.41, 5.74) is 11.7. The molecule has 16 nitrogen and oxygen atoms in total. The van der Waals surface area contributed by atoms with E-state index in [0.29, 0.717) is 6.42 Å². The Morgan fingerprint density at radius 1 is 0.711 bits per heavy atom. The Morgan fingerprint density at radius 3 is 1.87 bits per heavy atom. The molecule has 3 aliphatic rings. The van der Waals surface area contributed by atoms with E-state index in [1.54, 1.807) is 0 Å². The molecule has 0 aromatic heterocycles. The number of rotatable bonds is 10. The molecular formula is C22H41N3O13. The molecule has 12 N–H and O–H groups in total. The highest BCUT2D eigenvalue weighted by Gasteiger charge is 2.53. The summed E-state index contributed by atoms with van der Waals surface area (Å²) in [5, 5.41) is 81.3. The Bertz CT molecular complexity index is 749. The summed E-state index contributed by atoms with van der Waals surface area (Å²) in [6, 6.07) is -3.73. The lowest BCUT2D eigenvalue weighted by molar-refractivity contribution is -0.347. The Hall–Kier alpha value is -0.930. The zero-order chi connectivity index (χ0) is 28.1. The zero-order valence-corrected chi connectivity index (χ0v) is 21.0. The lowest BCUT2D eigenvalue weighted by Crippen LogP contribution is -2.67. The molecule has 0 aromatic rings. The van der Waals surface area contributed by atoms with Crippen molar-refractivity contribution < 1.29 is 64.5 Å². The Kier molecular flexibility index (Phi) is 11.7. The number of hydrogen-bond donors (Lipinski definition) is 10. The first kappa shape index (κ1) is 31.6. The predicted molar refractivity (Wildman–Crippen MR) is 126 cm³/mol. The summed E-state index contributed by atoms with van der Waals surface area (Å²) < 4.78 is 28.3. The first-order valence-corrected chi connectivity index (χ1v) is 12.6. The minimum absolute atomic E-state index is 0.537. The van der Waals surface area contributed by atoms with E-state index in [4.69, 9.17) is 35.2 Å². The van der Waals surface area contributed by atoms with E-state index < -0.39 is 112 Å². The van der Waals surface area contributed by atoms with Gasteiger partial charge in [0.1, 0.15) is 61.0 Å². The number of aliphatic hydroxyl groups is 8. The monoisotopic (exact) mass is 555 g/mol. The van der Waals surface area contributed by atoms with Crippen LogP contribution in [0.5, 0.6) is 0 Å². The molecule has 0 aliphatic carbocycles. The van der Waals surface area contributed by atoms with Crippen LogP contribution in [0.3, 0.4) is 0 Å². The van der Waals surface area contributed by atoms with Crippen LogP contribution in [-0.2, 0) is 23.7 Å². The van der Waals surface area contributed by atoms with Crippen molar-refractivity contribution in [2.45, 2.75) is 112 Å². The van der Waals surface area contributed by atoms with Crippen LogP contribution in [0.2, 0.25) is 0 Å². The molecule has 3 heterocycles. The van der Waals surface area contributed by atoms with Gasteiger partial charge >= 0.3 is 0 Å². The second-order valence-electron chi connectivity index (χ2n) is 9.63. The van der Waals surface area contributed by atoms with E-state index in [1.807, 2.05) is 6.92 Å². The topological polar surface area (TPSA) is 272 Å². The number of nitrogens with two attached hydrogens (primary N) is 2. The number of nitrogens with zero attached hydrogens (tertiary/aromatic N) is 1. The second kappa shape index (κ2) is 14.1. The Balaban J connectivity index is 1.84. The molecule has 15 atom stereocenters. The van der Waals surface area contributed by atoms with Gasteiger partial charge in [0.15, 0.2) is 18.9 Å². The Morgan fingerprint density at radius 2 is 1.26 bits per heavy atom. The first-order chi connectivity index (χ1) is 18.1. The molecule has 222 valence electrons. The molecular weight excluding hydrogens is 514 g/mol. The summed E-state index contributed by atoms with van der Waals surface area (Å²) in [5.74, 6) is 0. The minimum Gasteiger partial charge on any atom is -0.394 e. The van der Waals surface area contributed by atoms with Crippen LogP contribution in [0.4, 0.5) is 0 Å². The SMILES string of the molecule is CCCC=N[C@H]1[C@H](OC2[C@@H](CO)O[C@@H](O)[C@H](N)[C@H]2O)O[C@H](CO)C(O[C@@H]2O[C@H](CO)[C@@H](O)[C@H](O)[C@H]2N)[C@@H]1O. The number of hydrogen-bond acceptors (Lipinski definition) is 16. The van der Waals surface area contributed by atoms with E-state index >= 15 is 0 Å². The van der Waals surface area contributed by atoms with Crippen molar-refractivity contribution in [1.82, 2.24) is 0 Å². The van der Waals surface area contributed by atoms with Gasteiger partial charge in [0, 0.05) is 0 Å². The van der Waals surface area contributed by atoms with Gasteiger partial charge in [0.05, 0.1) is 31.9 Å². The van der Waals surface area contributed by atoms with Crippen LogP contribution < -0.4 is 11.5 Å². The Labute approximate surface area is 219 Å². The molecule has 3 saturated heterocycles. The van der Waals surface area contributed by atoms with E-state index in [0.717, 1.165) is 6.42 Å². The van der Waals surface area contributed by atoms with Gasteiger partial charge in [-0.25, -0.2) is 0 Å². The molecule has 3 aliphatic heterocycles. The number of aliphatic imine (C=N–C) groups is 1. The summed E-state index contributed by atoms with van der Waals surface area (Å²) >= 11 is 0. The van der Waals surface area contributed by atoms with Crippen molar-refractivity contribution in [3.05, 3.63) is 0 Å². The van der Waals surface area contributed by atoms with Gasteiger partial charge in [0.25, 0.3) is 0 Å². The van der Waals surface area contributed by atoms with E-state index in [1.165, 1.54) is 6.21 Å². The molecule has 3 fully saturated rings. The number of aliphatic hydroxyl groups excluding tert-OH is 8. The highest BCUT2D eigenvalue weighted by atomic mass is 16.7. The van der Waals surface area contributed by atoms with Gasteiger partial charge in [-0.3, -0.25) is 4.99 Å². The average molecular weight is 556 g/mol. The van der Waals surface area contributed by atoms with Crippen molar-refractivity contribution >= 4 is 6.21 Å². The molecule has 0 aromatic carbocycles. The molecule has 0 radical (unpaired) electrons. The van der Waals surface area contributed by atoms with Crippen molar-refractivity contribution in [2.75, 3.05) is 19.8 Å². The summed E-state index contributed by atoms with van der Waals surface area (Å²) in [6.45, 7) is -0.0624. The quantitative estimate of drug-likeness (QED) is 0.112.